The minimum Gasteiger partial charge on any atom is -0.376 e. The number of thiazole rings is 1. The Kier molecular flexibility index (Phi) is 4.57. The molecule has 0 unspecified atom stereocenters. The number of rotatable bonds is 5. The molecule has 1 N–H and O–H groups in total. The highest BCUT2D eigenvalue weighted by Gasteiger charge is 2.12. The van der Waals surface area contributed by atoms with Gasteiger partial charge in [-0.3, -0.25) is 4.98 Å². The van der Waals surface area contributed by atoms with Crippen molar-refractivity contribution < 1.29 is 4.74 Å². The molecule has 2 heterocycles. The van der Waals surface area contributed by atoms with Gasteiger partial charge in [0.05, 0.1) is 17.0 Å². The minimum atomic E-state index is 0.727. The number of nitrogens with zero attached hydrogens (tertiary/aromatic N) is 1. The minimum absolute atomic E-state index is 0.727. The van der Waals surface area contributed by atoms with Crippen molar-refractivity contribution in [2.75, 3.05) is 19.7 Å². The summed E-state index contributed by atoms with van der Waals surface area (Å²) in [6.45, 7) is 3.97. The Bertz CT molecular complexity index is 258. The lowest BCUT2D eigenvalue weighted by Gasteiger charge is -2.22. The zero-order valence-electron chi connectivity index (χ0n) is 8.95. The number of piperidine rings is 1. The molecule has 1 aliphatic rings. The fraction of sp³-hybridized carbons (Fsp3) is 0.727. The second-order valence-electron chi connectivity index (χ2n) is 4.02. The summed E-state index contributed by atoms with van der Waals surface area (Å²) in [6, 6.07) is 0. The van der Waals surface area contributed by atoms with Gasteiger partial charge in [0.15, 0.2) is 0 Å². The molecular weight excluding hydrogens is 208 g/mol. The summed E-state index contributed by atoms with van der Waals surface area (Å²) >= 11 is 1.66. The van der Waals surface area contributed by atoms with Gasteiger partial charge < -0.3 is 10.1 Å². The molecule has 0 spiro atoms. The van der Waals surface area contributed by atoms with Gasteiger partial charge in [-0.2, -0.15) is 0 Å². The first kappa shape index (κ1) is 11.0. The number of hydrogen-bond acceptors (Lipinski definition) is 4. The lowest BCUT2D eigenvalue weighted by Crippen LogP contribution is -2.30. The predicted molar refractivity (Wildman–Crippen MR) is 62.0 cm³/mol. The van der Waals surface area contributed by atoms with Crippen LogP contribution >= 0.6 is 11.3 Å². The van der Waals surface area contributed by atoms with Gasteiger partial charge in [-0.25, -0.2) is 0 Å². The van der Waals surface area contributed by atoms with Crippen molar-refractivity contribution in [1.29, 1.82) is 0 Å². The Hall–Kier alpha value is -0.450. The van der Waals surface area contributed by atoms with Crippen LogP contribution in [0.5, 0.6) is 0 Å². The molecule has 0 saturated carbocycles. The van der Waals surface area contributed by atoms with Crippen molar-refractivity contribution in [3.05, 3.63) is 16.6 Å². The lowest BCUT2D eigenvalue weighted by atomic mass is 9.97. The van der Waals surface area contributed by atoms with Gasteiger partial charge in [0.1, 0.15) is 0 Å². The maximum Gasteiger partial charge on any atom is 0.0825 e. The van der Waals surface area contributed by atoms with Crippen LogP contribution in [0.25, 0.3) is 0 Å². The molecular formula is C11H18N2OS. The van der Waals surface area contributed by atoms with Crippen molar-refractivity contribution in [3.8, 4) is 0 Å². The molecule has 4 heteroatoms. The van der Waals surface area contributed by atoms with Crippen LogP contribution in [0.4, 0.5) is 0 Å². The maximum absolute atomic E-state index is 5.62. The van der Waals surface area contributed by atoms with Gasteiger partial charge in [-0.15, -0.1) is 11.3 Å². The molecule has 15 heavy (non-hydrogen) atoms. The number of ether oxygens (including phenoxy) is 1. The average molecular weight is 226 g/mol. The molecule has 1 saturated heterocycles. The number of hydrogen-bond donors (Lipinski definition) is 1. The Labute approximate surface area is 94.9 Å². The zero-order valence-corrected chi connectivity index (χ0v) is 9.76. The summed E-state index contributed by atoms with van der Waals surface area (Å²) in [4.78, 5) is 5.24. The van der Waals surface area contributed by atoms with Gasteiger partial charge in [0.25, 0.3) is 0 Å². The Balaban J connectivity index is 1.54. The number of nitrogens with one attached hydrogen (secondary N) is 1. The van der Waals surface area contributed by atoms with Crippen LogP contribution < -0.4 is 5.32 Å². The first-order chi connectivity index (χ1) is 7.45. The average Bonchev–Trinajstić information content (AvgIpc) is 2.79. The molecule has 0 aliphatic carbocycles. The van der Waals surface area contributed by atoms with Gasteiger partial charge in [0, 0.05) is 12.8 Å². The summed E-state index contributed by atoms with van der Waals surface area (Å²) in [5.41, 5.74) is 1.85. The standard InChI is InChI=1S/C11H18N2OS/c1-2-10(6-12-4-1)3-5-14-8-11-7-13-9-15-11/h7,9-10,12H,1-6,8H2/t10-/m0/s1. The summed E-state index contributed by atoms with van der Waals surface area (Å²) < 4.78 is 5.62. The molecule has 1 fully saturated rings. The Morgan fingerprint density at radius 1 is 1.60 bits per heavy atom. The first-order valence-corrected chi connectivity index (χ1v) is 6.49. The summed E-state index contributed by atoms with van der Waals surface area (Å²) in [7, 11) is 0. The van der Waals surface area contributed by atoms with E-state index >= 15 is 0 Å². The van der Waals surface area contributed by atoms with Crippen LogP contribution in [0, 0.1) is 5.92 Å². The molecule has 2 rings (SSSR count). The van der Waals surface area contributed by atoms with E-state index in [0.717, 1.165) is 19.1 Å². The Morgan fingerprint density at radius 3 is 3.33 bits per heavy atom. The van der Waals surface area contributed by atoms with Crippen LogP contribution in [-0.4, -0.2) is 24.7 Å². The second-order valence-corrected chi connectivity index (χ2v) is 4.99. The summed E-state index contributed by atoms with van der Waals surface area (Å²) in [5.74, 6) is 0.820. The normalized spacial score (nSPS) is 21.7. The molecule has 1 aromatic heterocycles. The quantitative estimate of drug-likeness (QED) is 0.780. The summed E-state index contributed by atoms with van der Waals surface area (Å²) in [6.07, 6.45) is 5.75. The van der Waals surface area contributed by atoms with Gasteiger partial charge in [-0.1, -0.05) is 0 Å². The van der Waals surface area contributed by atoms with Crippen molar-refractivity contribution in [3.63, 3.8) is 0 Å². The predicted octanol–water partition coefficient (Wildman–Crippen LogP) is 2.05. The van der Waals surface area contributed by atoms with Crippen molar-refractivity contribution in [2.24, 2.45) is 5.92 Å². The largest absolute Gasteiger partial charge is 0.376 e. The van der Waals surface area contributed by atoms with Crippen LogP contribution in [0.2, 0.25) is 0 Å². The highest BCUT2D eigenvalue weighted by molar-refractivity contribution is 7.09. The van der Waals surface area contributed by atoms with Gasteiger partial charge in [0.2, 0.25) is 0 Å². The molecule has 84 valence electrons. The van der Waals surface area contributed by atoms with Crippen molar-refractivity contribution in [1.82, 2.24) is 10.3 Å². The van der Waals surface area contributed by atoms with Gasteiger partial charge >= 0.3 is 0 Å². The molecule has 0 radical (unpaired) electrons. The molecule has 0 aromatic carbocycles. The van der Waals surface area contributed by atoms with Crippen LogP contribution in [-0.2, 0) is 11.3 Å². The maximum atomic E-state index is 5.62. The molecule has 1 atom stereocenters. The van der Waals surface area contributed by atoms with E-state index in [9.17, 15) is 0 Å². The molecule has 0 bridgehead atoms. The molecule has 3 nitrogen and oxygen atoms in total. The molecule has 1 aromatic rings. The second kappa shape index (κ2) is 6.20. The van der Waals surface area contributed by atoms with E-state index in [1.807, 2.05) is 11.7 Å². The van der Waals surface area contributed by atoms with E-state index in [2.05, 4.69) is 10.3 Å². The van der Waals surface area contributed by atoms with E-state index in [1.165, 1.54) is 37.2 Å². The highest BCUT2D eigenvalue weighted by atomic mass is 32.1. The molecule has 0 amide bonds. The van der Waals surface area contributed by atoms with Gasteiger partial charge in [-0.05, 0) is 38.3 Å². The smallest absolute Gasteiger partial charge is 0.0825 e. The van der Waals surface area contributed by atoms with E-state index in [0.29, 0.717) is 0 Å². The van der Waals surface area contributed by atoms with E-state index < -0.39 is 0 Å². The monoisotopic (exact) mass is 226 g/mol. The van der Waals surface area contributed by atoms with E-state index in [1.54, 1.807) is 11.3 Å². The van der Waals surface area contributed by atoms with E-state index in [-0.39, 0.29) is 0 Å². The topological polar surface area (TPSA) is 34.1 Å². The lowest BCUT2D eigenvalue weighted by molar-refractivity contribution is 0.105. The SMILES string of the molecule is c1ncc(COCC[C@@H]2CCCNC2)s1. The third kappa shape index (κ3) is 3.89. The fourth-order valence-electron chi connectivity index (χ4n) is 1.91. The highest BCUT2D eigenvalue weighted by Crippen LogP contribution is 2.14. The van der Waals surface area contributed by atoms with Crippen molar-refractivity contribution >= 4 is 11.3 Å². The van der Waals surface area contributed by atoms with Crippen LogP contribution in [0.1, 0.15) is 24.1 Å². The Morgan fingerprint density at radius 2 is 2.60 bits per heavy atom. The van der Waals surface area contributed by atoms with Crippen LogP contribution in [0.3, 0.4) is 0 Å². The van der Waals surface area contributed by atoms with Crippen LogP contribution in [0.15, 0.2) is 11.7 Å². The third-order valence-electron chi connectivity index (χ3n) is 2.80. The van der Waals surface area contributed by atoms with E-state index in [4.69, 9.17) is 4.74 Å². The summed E-state index contributed by atoms with van der Waals surface area (Å²) in [5, 5.41) is 3.43. The fourth-order valence-corrected chi connectivity index (χ4v) is 2.44. The van der Waals surface area contributed by atoms with Crippen molar-refractivity contribution in [2.45, 2.75) is 25.9 Å². The first-order valence-electron chi connectivity index (χ1n) is 5.61. The zero-order chi connectivity index (χ0) is 10.3. The third-order valence-corrected chi connectivity index (χ3v) is 3.55. The molecule has 1 aliphatic heterocycles. The number of aromatic nitrogens is 1.